The van der Waals surface area contributed by atoms with Crippen molar-refractivity contribution >= 4 is 23.2 Å². The molecule has 0 heterocycles. The number of carbonyl (C=O) groups is 1. The van der Waals surface area contributed by atoms with Gasteiger partial charge in [-0.2, -0.15) is 0 Å². The normalized spacial score (nSPS) is 11.2. The van der Waals surface area contributed by atoms with E-state index in [1.165, 1.54) is 0 Å². The summed E-state index contributed by atoms with van der Waals surface area (Å²) < 4.78 is 5.35. The summed E-state index contributed by atoms with van der Waals surface area (Å²) in [5.74, 6) is 0.521. The molecule has 1 N–H and O–H groups in total. The first-order chi connectivity index (χ1) is 10.8. The van der Waals surface area contributed by atoms with Crippen LogP contribution >= 0.6 is 11.6 Å². The fourth-order valence-corrected chi connectivity index (χ4v) is 2.48. The molecule has 0 fully saturated rings. The molecule has 0 aliphatic carbocycles. The minimum absolute atomic E-state index is 0.00547. The van der Waals surface area contributed by atoms with Crippen molar-refractivity contribution in [1.82, 2.24) is 0 Å². The maximum absolute atomic E-state index is 12.3. The van der Waals surface area contributed by atoms with Crippen molar-refractivity contribution in [3.8, 4) is 5.75 Å². The SMILES string of the molecule is COc1ccc(C(C)(C)C)cc1NC(=O)Cc1ccccc1Cl. The number of rotatable bonds is 4. The lowest BCUT2D eigenvalue weighted by Gasteiger charge is -2.21. The van der Waals surface area contributed by atoms with Gasteiger partial charge in [0.25, 0.3) is 0 Å². The highest BCUT2D eigenvalue weighted by Crippen LogP contribution is 2.31. The van der Waals surface area contributed by atoms with Gasteiger partial charge in [0.1, 0.15) is 5.75 Å². The second-order valence-electron chi connectivity index (χ2n) is 6.48. The van der Waals surface area contributed by atoms with Gasteiger partial charge in [-0.1, -0.05) is 56.6 Å². The summed E-state index contributed by atoms with van der Waals surface area (Å²) in [6, 6.07) is 13.2. The zero-order chi connectivity index (χ0) is 17.0. The Hall–Kier alpha value is -2.00. The molecule has 122 valence electrons. The predicted octanol–water partition coefficient (Wildman–Crippen LogP) is 4.83. The van der Waals surface area contributed by atoms with Crippen LogP contribution in [0.4, 0.5) is 5.69 Å². The number of carbonyl (C=O) groups excluding carboxylic acids is 1. The molecule has 0 aromatic heterocycles. The Morgan fingerprint density at radius 2 is 1.87 bits per heavy atom. The summed E-state index contributed by atoms with van der Waals surface area (Å²) in [5.41, 5.74) is 2.61. The second kappa shape index (κ2) is 7.05. The van der Waals surface area contributed by atoms with Gasteiger partial charge < -0.3 is 10.1 Å². The lowest BCUT2D eigenvalue weighted by molar-refractivity contribution is -0.115. The van der Waals surface area contributed by atoms with E-state index in [-0.39, 0.29) is 17.7 Å². The molecule has 0 unspecified atom stereocenters. The summed E-state index contributed by atoms with van der Waals surface area (Å²) in [5, 5.41) is 3.52. The van der Waals surface area contributed by atoms with Gasteiger partial charge in [-0.15, -0.1) is 0 Å². The van der Waals surface area contributed by atoms with Gasteiger partial charge in [-0.05, 0) is 34.7 Å². The molecule has 0 atom stereocenters. The fourth-order valence-electron chi connectivity index (χ4n) is 2.28. The molecule has 0 saturated heterocycles. The van der Waals surface area contributed by atoms with E-state index >= 15 is 0 Å². The highest BCUT2D eigenvalue weighted by molar-refractivity contribution is 6.31. The van der Waals surface area contributed by atoms with E-state index in [9.17, 15) is 4.79 Å². The van der Waals surface area contributed by atoms with E-state index < -0.39 is 0 Å². The number of halogens is 1. The summed E-state index contributed by atoms with van der Waals surface area (Å²) in [6.45, 7) is 6.39. The number of methoxy groups -OCH3 is 1. The third kappa shape index (κ3) is 4.49. The average Bonchev–Trinajstić information content (AvgIpc) is 2.48. The molecule has 0 aliphatic heterocycles. The van der Waals surface area contributed by atoms with Crippen molar-refractivity contribution in [2.75, 3.05) is 12.4 Å². The van der Waals surface area contributed by atoms with Crippen LogP contribution in [0.25, 0.3) is 0 Å². The monoisotopic (exact) mass is 331 g/mol. The molecule has 2 rings (SSSR count). The minimum atomic E-state index is -0.123. The van der Waals surface area contributed by atoms with Crippen molar-refractivity contribution in [3.05, 3.63) is 58.6 Å². The predicted molar refractivity (Wildman–Crippen MR) is 95.5 cm³/mol. The van der Waals surface area contributed by atoms with E-state index in [0.29, 0.717) is 16.5 Å². The topological polar surface area (TPSA) is 38.3 Å². The number of hydrogen-bond donors (Lipinski definition) is 1. The quantitative estimate of drug-likeness (QED) is 0.871. The van der Waals surface area contributed by atoms with Crippen molar-refractivity contribution < 1.29 is 9.53 Å². The van der Waals surface area contributed by atoms with Crippen molar-refractivity contribution in [3.63, 3.8) is 0 Å². The molecule has 4 heteroatoms. The van der Waals surface area contributed by atoms with Crippen LogP contribution in [0.3, 0.4) is 0 Å². The van der Waals surface area contributed by atoms with Crippen LogP contribution in [-0.2, 0) is 16.6 Å². The minimum Gasteiger partial charge on any atom is -0.495 e. The summed E-state index contributed by atoms with van der Waals surface area (Å²) in [6.07, 6.45) is 0.225. The van der Waals surface area contributed by atoms with Gasteiger partial charge in [-0.25, -0.2) is 0 Å². The van der Waals surface area contributed by atoms with Crippen LogP contribution in [0, 0.1) is 0 Å². The summed E-state index contributed by atoms with van der Waals surface area (Å²) >= 11 is 6.11. The molecule has 0 saturated carbocycles. The van der Waals surface area contributed by atoms with Crippen molar-refractivity contribution in [2.45, 2.75) is 32.6 Å². The summed E-state index contributed by atoms with van der Waals surface area (Å²) in [7, 11) is 1.59. The lowest BCUT2D eigenvalue weighted by atomic mass is 9.87. The molecule has 0 radical (unpaired) electrons. The van der Waals surface area contributed by atoms with Crippen LogP contribution in [0.15, 0.2) is 42.5 Å². The smallest absolute Gasteiger partial charge is 0.228 e. The van der Waals surface area contributed by atoms with Crippen LogP contribution in [0.5, 0.6) is 5.75 Å². The first kappa shape index (κ1) is 17.4. The fraction of sp³-hybridized carbons (Fsp3) is 0.316. The maximum atomic E-state index is 12.3. The average molecular weight is 332 g/mol. The number of nitrogens with one attached hydrogen (secondary N) is 1. The molecular weight excluding hydrogens is 310 g/mol. The molecule has 2 aromatic carbocycles. The van der Waals surface area contributed by atoms with Gasteiger partial charge in [0.05, 0.1) is 19.2 Å². The maximum Gasteiger partial charge on any atom is 0.228 e. The molecule has 0 aliphatic rings. The van der Waals surface area contributed by atoms with Gasteiger partial charge in [0.2, 0.25) is 5.91 Å². The Bertz CT molecular complexity index is 705. The van der Waals surface area contributed by atoms with Crippen LogP contribution in [0.2, 0.25) is 5.02 Å². The third-order valence-corrected chi connectivity index (χ3v) is 4.02. The van der Waals surface area contributed by atoms with Gasteiger partial charge >= 0.3 is 0 Å². The van der Waals surface area contributed by atoms with Crippen molar-refractivity contribution in [1.29, 1.82) is 0 Å². The number of hydrogen-bond acceptors (Lipinski definition) is 2. The second-order valence-corrected chi connectivity index (χ2v) is 6.89. The van der Waals surface area contributed by atoms with Crippen LogP contribution in [-0.4, -0.2) is 13.0 Å². The molecule has 1 amide bonds. The van der Waals surface area contributed by atoms with E-state index in [4.69, 9.17) is 16.3 Å². The molecule has 0 spiro atoms. The van der Waals surface area contributed by atoms with Gasteiger partial charge in [0.15, 0.2) is 0 Å². The highest BCUT2D eigenvalue weighted by Gasteiger charge is 2.17. The number of ether oxygens (including phenoxy) is 1. The van der Waals surface area contributed by atoms with E-state index in [2.05, 4.69) is 26.1 Å². The van der Waals surface area contributed by atoms with E-state index in [1.807, 2.05) is 36.4 Å². The van der Waals surface area contributed by atoms with E-state index in [0.717, 1.165) is 11.1 Å². The Kier molecular flexibility index (Phi) is 5.32. The largest absolute Gasteiger partial charge is 0.495 e. The molecule has 0 bridgehead atoms. The zero-order valence-electron chi connectivity index (χ0n) is 13.9. The first-order valence-electron chi connectivity index (χ1n) is 7.53. The molecule has 2 aromatic rings. The highest BCUT2D eigenvalue weighted by atomic mass is 35.5. The first-order valence-corrected chi connectivity index (χ1v) is 7.91. The Morgan fingerprint density at radius 1 is 1.17 bits per heavy atom. The number of benzene rings is 2. The third-order valence-electron chi connectivity index (χ3n) is 3.65. The molecular formula is C19H22ClNO2. The Balaban J connectivity index is 2.21. The van der Waals surface area contributed by atoms with Crippen LogP contribution in [0.1, 0.15) is 31.9 Å². The number of anilines is 1. The Labute approximate surface area is 142 Å². The van der Waals surface area contributed by atoms with Crippen molar-refractivity contribution in [2.24, 2.45) is 0 Å². The standard InChI is InChI=1S/C19H22ClNO2/c1-19(2,3)14-9-10-17(23-4)16(12-14)21-18(22)11-13-7-5-6-8-15(13)20/h5-10,12H,11H2,1-4H3,(H,21,22). The lowest BCUT2D eigenvalue weighted by Crippen LogP contribution is -2.17. The molecule has 23 heavy (non-hydrogen) atoms. The van der Waals surface area contributed by atoms with Crippen LogP contribution < -0.4 is 10.1 Å². The Morgan fingerprint density at radius 3 is 2.48 bits per heavy atom. The zero-order valence-corrected chi connectivity index (χ0v) is 14.7. The molecule has 3 nitrogen and oxygen atoms in total. The van der Waals surface area contributed by atoms with Gasteiger partial charge in [-0.3, -0.25) is 4.79 Å². The summed E-state index contributed by atoms with van der Waals surface area (Å²) in [4.78, 5) is 12.3. The number of amides is 1. The van der Waals surface area contributed by atoms with Gasteiger partial charge in [0, 0.05) is 5.02 Å². The van der Waals surface area contributed by atoms with E-state index in [1.54, 1.807) is 13.2 Å².